The molecule has 0 aliphatic carbocycles. The summed E-state index contributed by atoms with van der Waals surface area (Å²) in [5, 5.41) is 45.2. The van der Waals surface area contributed by atoms with Crippen molar-refractivity contribution in [3.63, 3.8) is 0 Å². The largest absolute Gasteiger partial charge is 0.465 e. The third-order valence-electron chi connectivity index (χ3n) is 6.68. The minimum absolute atomic E-state index is 0.121. The Morgan fingerprint density at radius 3 is 2.73 bits per heavy atom. The number of fused-ring (bicyclic) bond motifs is 1. The van der Waals surface area contributed by atoms with E-state index in [0.29, 0.717) is 54.5 Å². The summed E-state index contributed by atoms with van der Waals surface area (Å²) in [6, 6.07) is 6.60. The van der Waals surface area contributed by atoms with Crippen molar-refractivity contribution in [1.29, 1.82) is 10.5 Å². The van der Waals surface area contributed by atoms with E-state index in [-0.39, 0.29) is 29.3 Å². The molecule has 0 unspecified atom stereocenters. The average molecular weight is 581 g/mol. The molecule has 7 N–H and O–H groups in total. The van der Waals surface area contributed by atoms with Gasteiger partial charge in [0.1, 0.15) is 6.07 Å². The van der Waals surface area contributed by atoms with Crippen LogP contribution in [0.15, 0.2) is 18.3 Å². The number of nitrogens with one attached hydrogen (secondary N) is 4. The molecule has 3 heterocycles. The van der Waals surface area contributed by atoms with Gasteiger partial charge in [-0.05, 0) is 25.5 Å². The van der Waals surface area contributed by atoms with Crippen LogP contribution in [0.3, 0.4) is 0 Å². The summed E-state index contributed by atoms with van der Waals surface area (Å²) in [5.74, 6) is -0.399. The maximum atomic E-state index is 11.5. The van der Waals surface area contributed by atoms with Crippen LogP contribution in [0.4, 0.5) is 27.9 Å². The van der Waals surface area contributed by atoms with Crippen LogP contribution in [0.1, 0.15) is 31.5 Å². The maximum Gasteiger partial charge on any atom is 0.404 e. The van der Waals surface area contributed by atoms with Gasteiger partial charge in [-0.2, -0.15) is 20.0 Å². The van der Waals surface area contributed by atoms with Crippen molar-refractivity contribution in [3.8, 4) is 12.1 Å². The molecule has 2 aromatic heterocycles. The highest BCUT2D eigenvalue weighted by molar-refractivity contribution is 6.36. The van der Waals surface area contributed by atoms with Crippen molar-refractivity contribution in [2.45, 2.75) is 32.4 Å². The highest BCUT2D eigenvalue weighted by Crippen LogP contribution is 2.37. The fourth-order valence-electron chi connectivity index (χ4n) is 4.55. The number of hydrogen-bond donors (Lipinski definition) is 6. The average Bonchev–Trinajstić information content (AvgIpc) is 3.36. The molecule has 0 radical (unpaired) electrons. The molecule has 1 saturated heterocycles. The molecule has 214 valence electrons. The Bertz CT molecular complexity index is 1550. The van der Waals surface area contributed by atoms with Crippen LogP contribution in [-0.2, 0) is 4.79 Å². The number of nitriles is 2. The Morgan fingerprint density at radius 2 is 2.07 bits per heavy atom. The Hall–Kier alpha value is -4.86. The number of carboxylic acid groups (broad SMARTS) is 1. The number of rotatable bonds is 10. The van der Waals surface area contributed by atoms with Gasteiger partial charge in [-0.3, -0.25) is 4.79 Å². The maximum absolute atomic E-state index is 11.5. The number of nitrogens with zero attached hydrogens (tertiary/aromatic N) is 7. The number of carbonyl (C=O) groups excluding carboxylic acids is 1. The number of primary amides is 1. The van der Waals surface area contributed by atoms with Crippen molar-refractivity contribution in [2.75, 3.05) is 41.7 Å². The summed E-state index contributed by atoms with van der Waals surface area (Å²) in [6.07, 6.45) is 0.683. The van der Waals surface area contributed by atoms with Crippen molar-refractivity contribution >= 4 is 52.4 Å². The Balaban J connectivity index is 1.66. The molecular weight excluding hydrogens is 552 g/mol. The van der Waals surface area contributed by atoms with Crippen molar-refractivity contribution in [2.24, 2.45) is 11.7 Å². The fourth-order valence-corrected chi connectivity index (χ4v) is 4.83. The molecule has 1 aliphatic rings. The summed E-state index contributed by atoms with van der Waals surface area (Å²) in [4.78, 5) is 33.6. The van der Waals surface area contributed by atoms with Gasteiger partial charge in [0.15, 0.2) is 17.2 Å². The quantitative estimate of drug-likeness (QED) is 0.201. The van der Waals surface area contributed by atoms with Gasteiger partial charge in [0.05, 0.1) is 40.3 Å². The number of halogens is 1. The highest BCUT2D eigenvalue weighted by atomic mass is 35.5. The van der Waals surface area contributed by atoms with Gasteiger partial charge < -0.3 is 37.0 Å². The number of carbonyl (C=O) groups is 2. The first-order valence-electron chi connectivity index (χ1n) is 12.8. The van der Waals surface area contributed by atoms with Crippen LogP contribution >= 0.6 is 11.6 Å². The topological polar surface area (TPSA) is 222 Å². The number of imidazole rings is 1. The van der Waals surface area contributed by atoms with E-state index in [1.165, 1.54) is 10.7 Å². The van der Waals surface area contributed by atoms with Crippen LogP contribution in [0, 0.1) is 28.6 Å². The summed E-state index contributed by atoms with van der Waals surface area (Å²) in [7, 11) is 0. The smallest absolute Gasteiger partial charge is 0.404 e. The molecule has 1 fully saturated rings. The minimum Gasteiger partial charge on any atom is -0.465 e. The van der Waals surface area contributed by atoms with Gasteiger partial charge in [-0.1, -0.05) is 18.5 Å². The first-order valence-corrected chi connectivity index (χ1v) is 13.2. The van der Waals surface area contributed by atoms with Gasteiger partial charge in [0, 0.05) is 38.1 Å². The molecule has 1 aromatic carbocycles. The van der Waals surface area contributed by atoms with E-state index in [4.69, 9.17) is 17.3 Å². The van der Waals surface area contributed by atoms with Crippen LogP contribution in [0.2, 0.25) is 5.02 Å². The molecular formula is C25H29ClN12O3. The lowest BCUT2D eigenvalue weighted by atomic mass is 9.97. The summed E-state index contributed by atoms with van der Waals surface area (Å²) in [5.41, 5.74) is 7.21. The third-order valence-corrected chi connectivity index (χ3v) is 7.08. The molecule has 0 spiro atoms. The monoisotopic (exact) mass is 580 g/mol. The Kier molecular flexibility index (Phi) is 8.91. The lowest BCUT2D eigenvalue weighted by Crippen LogP contribution is -2.60. The minimum atomic E-state index is -1.15. The van der Waals surface area contributed by atoms with Crippen LogP contribution in [-0.4, -0.2) is 75.0 Å². The van der Waals surface area contributed by atoms with Crippen LogP contribution in [0.25, 0.3) is 5.65 Å². The van der Waals surface area contributed by atoms with Crippen LogP contribution < -0.4 is 31.9 Å². The number of piperidine rings is 1. The number of aromatic nitrogens is 4. The first-order chi connectivity index (χ1) is 19.6. The normalized spacial score (nSPS) is 17.3. The van der Waals surface area contributed by atoms with E-state index in [1.807, 2.05) is 17.9 Å². The summed E-state index contributed by atoms with van der Waals surface area (Å²) < 4.78 is 1.36. The number of nitrogens with two attached hydrogens (primary N) is 1. The van der Waals surface area contributed by atoms with E-state index in [0.717, 1.165) is 0 Å². The second-order valence-electron chi connectivity index (χ2n) is 9.51. The molecule has 2 amide bonds. The third kappa shape index (κ3) is 6.49. The van der Waals surface area contributed by atoms with E-state index in [2.05, 4.69) is 42.4 Å². The second-order valence-corrected chi connectivity index (χ2v) is 9.89. The molecule has 0 bridgehead atoms. The van der Waals surface area contributed by atoms with Crippen molar-refractivity contribution < 1.29 is 14.7 Å². The molecule has 4 rings (SSSR count). The standard InChI is InChI=1S/C25H29ClN12O3/c1-3-30-22-23-32-11-15(9-28)38(23)36-24(35-22)33-17-6-14(8-27)7-19(20(17)26)37-5-4-16(34-25(40)41)18(12-37)31-10-13(2)21(29)39/h6-7,11,13,16,18,31,34H,3-5,10,12H2,1-2H3,(H2,29,39)(H,40,41)(H2,30,33,35,36)/t13-,16+,18+/m0/s1. The summed E-state index contributed by atoms with van der Waals surface area (Å²) >= 11 is 6.87. The van der Waals surface area contributed by atoms with E-state index < -0.39 is 24.0 Å². The molecule has 41 heavy (non-hydrogen) atoms. The molecule has 15 nitrogen and oxygen atoms in total. The van der Waals surface area contributed by atoms with Crippen molar-refractivity contribution in [3.05, 3.63) is 34.6 Å². The number of hydrogen-bond acceptors (Lipinski definition) is 11. The lowest BCUT2D eigenvalue weighted by Gasteiger charge is -2.40. The van der Waals surface area contributed by atoms with Crippen LogP contribution in [0.5, 0.6) is 0 Å². The van der Waals surface area contributed by atoms with Crippen molar-refractivity contribution in [1.82, 2.24) is 30.2 Å². The SMILES string of the molecule is CCNc1nc(Nc2cc(C#N)cc(N3CC[C@@H](NC(=O)O)[C@H](NC[C@H](C)C(N)=O)C3)c2Cl)nn2c(C#N)cnc12. The van der Waals surface area contributed by atoms with Gasteiger partial charge >= 0.3 is 6.09 Å². The first kappa shape index (κ1) is 29.1. The predicted molar refractivity (Wildman–Crippen MR) is 151 cm³/mol. The number of benzene rings is 1. The molecule has 3 atom stereocenters. The predicted octanol–water partition coefficient (Wildman–Crippen LogP) is 1.62. The van der Waals surface area contributed by atoms with Gasteiger partial charge in [-0.25, -0.2) is 9.78 Å². The van der Waals surface area contributed by atoms with E-state index >= 15 is 0 Å². The molecule has 0 saturated carbocycles. The molecule has 16 heteroatoms. The number of amides is 2. The highest BCUT2D eigenvalue weighted by Gasteiger charge is 2.32. The zero-order valence-electron chi connectivity index (χ0n) is 22.3. The molecule has 3 aromatic rings. The number of anilines is 4. The van der Waals surface area contributed by atoms with Gasteiger partial charge in [0.25, 0.3) is 0 Å². The summed E-state index contributed by atoms with van der Waals surface area (Å²) in [6.45, 7) is 5.16. The molecule has 1 aliphatic heterocycles. The van der Waals surface area contributed by atoms with E-state index in [9.17, 15) is 25.2 Å². The lowest BCUT2D eigenvalue weighted by molar-refractivity contribution is -0.121. The zero-order chi connectivity index (χ0) is 29.7. The fraction of sp³-hybridized carbons (Fsp3) is 0.400. The zero-order valence-corrected chi connectivity index (χ0v) is 23.1. The Morgan fingerprint density at radius 1 is 1.29 bits per heavy atom. The van der Waals surface area contributed by atoms with Gasteiger partial charge in [-0.15, -0.1) is 5.10 Å². The van der Waals surface area contributed by atoms with Gasteiger partial charge in [0.2, 0.25) is 11.9 Å². The van der Waals surface area contributed by atoms with E-state index in [1.54, 1.807) is 19.1 Å². The second kappa shape index (κ2) is 12.5. The Labute approximate surface area is 240 Å².